The first kappa shape index (κ1) is 9.92. The van der Waals surface area contributed by atoms with E-state index in [1.54, 1.807) is 0 Å². The predicted octanol–water partition coefficient (Wildman–Crippen LogP) is 1.89. The van der Waals surface area contributed by atoms with Crippen LogP contribution in [0.15, 0.2) is 18.2 Å². The summed E-state index contributed by atoms with van der Waals surface area (Å²) in [7, 11) is 0. The first-order chi connectivity index (χ1) is 6.72. The quantitative estimate of drug-likeness (QED) is 0.670. The largest absolute Gasteiger partial charge is 0.454 e. The first-order valence-corrected chi connectivity index (χ1v) is 5.41. The Morgan fingerprint density at radius 3 is 3.00 bits per heavy atom. The van der Waals surface area contributed by atoms with E-state index in [4.69, 9.17) is 9.84 Å². The van der Waals surface area contributed by atoms with Crippen LogP contribution in [-0.4, -0.2) is 17.7 Å². The van der Waals surface area contributed by atoms with E-state index in [1.807, 2.05) is 18.2 Å². The van der Waals surface area contributed by atoms with Crippen molar-refractivity contribution in [2.45, 2.75) is 12.5 Å². The van der Waals surface area contributed by atoms with Gasteiger partial charge >= 0.3 is 5.97 Å². The molecule has 0 radical (unpaired) electrons. The van der Waals surface area contributed by atoms with Crippen molar-refractivity contribution < 1.29 is 14.6 Å². The standard InChI is InChI=1S/C10H9IO3/c11-6-1-2-7-8(5-6)10(13)14-9(7)3-4-12/h1-2,5,9,12H,3-4H2. The van der Waals surface area contributed by atoms with Crippen molar-refractivity contribution in [3.8, 4) is 0 Å². The molecule has 1 unspecified atom stereocenters. The van der Waals surface area contributed by atoms with Crippen molar-refractivity contribution in [3.63, 3.8) is 0 Å². The van der Waals surface area contributed by atoms with Crippen molar-refractivity contribution >= 4 is 28.6 Å². The summed E-state index contributed by atoms with van der Waals surface area (Å²) in [6, 6.07) is 5.64. The summed E-state index contributed by atoms with van der Waals surface area (Å²) in [5, 5.41) is 8.80. The lowest BCUT2D eigenvalue weighted by atomic mass is 10.0. The number of carbonyl (C=O) groups is 1. The van der Waals surface area contributed by atoms with Crippen molar-refractivity contribution in [2.24, 2.45) is 0 Å². The average Bonchev–Trinajstić information content (AvgIpc) is 2.44. The van der Waals surface area contributed by atoms with Gasteiger partial charge in [-0.05, 0) is 34.7 Å². The predicted molar refractivity (Wildman–Crippen MR) is 59.0 cm³/mol. The maximum absolute atomic E-state index is 11.4. The molecule has 0 aliphatic carbocycles. The fourth-order valence-electron chi connectivity index (χ4n) is 1.57. The van der Waals surface area contributed by atoms with E-state index in [0.29, 0.717) is 12.0 Å². The zero-order chi connectivity index (χ0) is 10.1. The van der Waals surface area contributed by atoms with Crippen molar-refractivity contribution in [1.82, 2.24) is 0 Å². The molecular formula is C10H9IO3. The first-order valence-electron chi connectivity index (χ1n) is 4.33. The molecule has 0 bridgehead atoms. The number of cyclic esters (lactones) is 1. The molecule has 1 heterocycles. The highest BCUT2D eigenvalue weighted by Gasteiger charge is 2.30. The van der Waals surface area contributed by atoms with Gasteiger partial charge in [0.15, 0.2) is 0 Å². The van der Waals surface area contributed by atoms with Gasteiger partial charge in [0.2, 0.25) is 0 Å². The van der Waals surface area contributed by atoms with Crippen molar-refractivity contribution in [1.29, 1.82) is 0 Å². The van der Waals surface area contributed by atoms with Crippen LogP contribution in [0.25, 0.3) is 0 Å². The highest BCUT2D eigenvalue weighted by Crippen LogP contribution is 2.33. The van der Waals surface area contributed by atoms with Gasteiger partial charge in [-0.2, -0.15) is 0 Å². The lowest BCUT2D eigenvalue weighted by Crippen LogP contribution is -2.00. The minimum absolute atomic E-state index is 0.0311. The highest BCUT2D eigenvalue weighted by atomic mass is 127. The van der Waals surface area contributed by atoms with Gasteiger partial charge in [0.1, 0.15) is 6.10 Å². The van der Waals surface area contributed by atoms with Crippen molar-refractivity contribution in [3.05, 3.63) is 32.9 Å². The van der Waals surface area contributed by atoms with Crippen LogP contribution < -0.4 is 0 Å². The lowest BCUT2D eigenvalue weighted by molar-refractivity contribution is 0.0332. The smallest absolute Gasteiger partial charge is 0.339 e. The van der Waals surface area contributed by atoms with Gasteiger partial charge in [0.25, 0.3) is 0 Å². The SMILES string of the molecule is O=C1OC(CCO)c2ccc(I)cc21. The van der Waals surface area contributed by atoms with Crippen LogP contribution in [0, 0.1) is 3.57 Å². The third kappa shape index (κ3) is 1.64. The van der Waals surface area contributed by atoms with Crippen LogP contribution in [0.4, 0.5) is 0 Å². The molecule has 1 aliphatic heterocycles. The Balaban J connectivity index is 2.39. The number of aliphatic hydroxyl groups excluding tert-OH is 1. The summed E-state index contributed by atoms with van der Waals surface area (Å²) in [6.45, 7) is 0.0311. The van der Waals surface area contributed by atoms with Gasteiger partial charge in [-0.3, -0.25) is 0 Å². The van der Waals surface area contributed by atoms with Crippen LogP contribution in [0.5, 0.6) is 0 Å². The van der Waals surface area contributed by atoms with E-state index in [1.165, 1.54) is 0 Å². The second-order valence-electron chi connectivity index (χ2n) is 3.14. The third-order valence-electron chi connectivity index (χ3n) is 2.22. The van der Waals surface area contributed by atoms with Crippen molar-refractivity contribution in [2.75, 3.05) is 6.61 Å². The van der Waals surface area contributed by atoms with E-state index < -0.39 is 0 Å². The fourth-order valence-corrected chi connectivity index (χ4v) is 2.07. The topological polar surface area (TPSA) is 46.5 Å². The molecule has 1 atom stereocenters. The number of benzene rings is 1. The number of hydrogen-bond donors (Lipinski definition) is 1. The Hall–Kier alpha value is -0.620. The highest BCUT2D eigenvalue weighted by molar-refractivity contribution is 14.1. The second kappa shape index (κ2) is 3.86. The van der Waals surface area contributed by atoms with E-state index >= 15 is 0 Å². The summed E-state index contributed by atoms with van der Waals surface area (Å²) in [5.41, 5.74) is 1.53. The number of hydrogen-bond acceptors (Lipinski definition) is 3. The van der Waals surface area contributed by atoms with Crippen LogP contribution in [-0.2, 0) is 4.74 Å². The summed E-state index contributed by atoms with van der Waals surface area (Å²) in [6.07, 6.45) is 0.207. The Bertz CT molecular complexity index is 376. The van der Waals surface area contributed by atoms with Crippen LogP contribution in [0.2, 0.25) is 0 Å². The van der Waals surface area contributed by atoms with E-state index in [2.05, 4.69) is 22.6 Å². The molecule has 74 valence electrons. The minimum atomic E-state index is -0.281. The molecule has 14 heavy (non-hydrogen) atoms. The summed E-state index contributed by atoms with van der Waals surface area (Å²) in [5.74, 6) is -0.281. The molecule has 1 aromatic carbocycles. The molecule has 2 rings (SSSR count). The van der Waals surface area contributed by atoms with Crippen LogP contribution in [0.1, 0.15) is 28.4 Å². The summed E-state index contributed by atoms with van der Waals surface area (Å²) in [4.78, 5) is 11.4. The number of halogens is 1. The maximum Gasteiger partial charge on any atom is 0.339 e. The number of aliphatic hydroxyl groups is 1. The molecule has 0 saturated carbocycles. The molecule has 3 nitrogen and oxygen atoms in total. The zero-order valence-corrected chi connectivity index (χ0v) is 9.52. The Morgan fingerprint density at radius 1 is 1.50 bits per heavy atom. The maximum atomic E-state index is 11.4. The number of carbonyl (C=O) groups excluding carboxylic acids is 1. The van der Waals surface area contributed by atoms with E-state index in [-0.39, 0.29) is 18.7 Å². The van der Waals surface area contributed by atoms with Gasteiger partial charge < -0.3 is 9.84 Å². The fraction of sp³-hybridized carbons (Fsp3) is 0.300. The summed E-state index contributed by atoms with van der Waals surface area (Å²) >= 11 is 2.15. The number of ether oxygens (including phenoxy) is 1. The molecule has 1 aromatic rings. The Labute approximate surface area is 95.2 Å². The monoisotopic (exact) mass is 304 g/mol. The van der Waals surface area contributed by atoms with E-state index in [0.717, 1.165) is 9.13 Å². The number of esters is 1. The Morgan fingerprint density at radius 2 is 2.29 bits per heavy atom. The van der Waals surface area contributed by atoms with Crippen LogP contribution in [0.3, 0.4) is 0 Å². The van der Waals surface area contributed by atoms with Gasteiger partial charge in [-0.25, -0.2) is 4.79 Å². The third-order valence-corrected chi connectivity index (χ3v) is 2.89. The molecule has 4 heteroatoms. The minimum Gasteiger partial charge on any atom is -0.454 e. The van der Waals surface area contributed by atoms with Gasteiger partial charge in [-0.15, -0.1) is 0 Å². The lowest BCUT2D eigenvalue weighted by Gasteiger charge is -2.07. The van der Waals surface area contributed by atoms with Gasteiger partial charge in [-0.1, -0.05) is 6.07 Å². The van der Waals surface area contributed by atoms with Gasteiger partial charge in [0, 0.05) is 22.2 Å². The molecule has 0 saturated heterocycles. The number of rotatable bonds is 2. The Kier molecular flexibility index (Phi) is 2.73. The molecule has 1 aliphatic rings. The second-order valence-corrected chi connectivity index (χ2v) is 4.38. The zero-order valence-electron chi connectivity index (χ0n) is 7.37. The molecular weight excluding hydrogens is 295 g/mol. The molecule has 1 N–H and O–H groups in total. The molecule has 0 amide bonds. The van der Waals surface area contributed by atoms with E-state index in [9.17, 15) is 4.79 Å². The molecule has 0 spiro atoms. The normalized spacial score (nSPS) is 19.3. The average molecular weight is 304 g/mol. The summed E-state index contributed by atoms with van der Waals surface area (Å²) < 4.78 is 6.14. The van der Waals surface area contributed by atoms with Crippen LogP contribution >= 0.6 is 22.6 Å². The molecule has 0 aromatic heterocycles. The molecule has 0 fully saturated rings. The number of fused-ring (bicyclic) bond motifs is 1. The van der Waals surface area contributed by atoms with Gasteiger partial charge in [0.05, 0.1) is 5.56 Å².